The molecule has 46 heavy (non-hydrogen) atoms. The van der Waals surface area contributed by atoms with E-state index in [1.54, 1.807) is 41.1 Å². The standard InChI is InChI=1S/C33H43FN6O4.C2H6/c1-35-37-31(28-5-3-2-4-25(28)23-41)21-24-6-7-30(34)29(20-24)33(43)40-18-16-39(17-19-40)32(42)22-38-14-10-27(11-15-38)44-26-8-12-36-13-9-26;1-2/h2-7,20,23,26-27,35-36H,8-19,21-22H2,1H3;1-2H3/b37-31-;. The van der Waals surface area contributed by atoms with Gasteiger partial charge in [-0.2, -0.15) is 5.10 Å². The predicted molar refractivity (Wildman–Crippen MR) is 178 cm³/mol. The van der Waals surface area contributed by atoms with Gasteiger partial charge in [-0.25, -0.2) is 4.39 Å². The molecule has 3 fully saturated rings. The lowest BCUT2D eigenvalue weighted by Gasteiger charge is -2.38. The third-order valence-electron chi connectivity index (χ3n) is 8.76. The van der Waals surface area contributed by atoms with E-state index in [2.05, 4.69) is 20.7 Å². The number of carbonyl (C=O) groups excluding carboxylic acids is 3. The van der Waals surface area contributed by atoms with Gasteiger partial charge in [0.05, 0.1) is 30.0 Å². The fourth-order valence-electron chi connectivity index (χ4n) is 6.26. The van der Waals surface area contributed by atoms with Crippen LogP contribution in [0, 0.1) is 5.82 Å². The highest BCUT2D eigenvalue weighted by Gasteiger charge is 2.29. The first-order valence-electron chi connectivity index (χ1n) is 16.7. The molecule has 0 spiro atoms. The monoisotopic (exact) mass is 636 g/mol. The number of hydrogen-bond donors (Lipinski definition) is 2. The fourth-order valence-corrected chi connectivity index (χ4v) is 6.26. The molecular formula is C35H49FN6O4. The summed E-state index contributed by atoms with van der Waals surface area (Å²) in [6, 6.07) is 11.6. The predicted octanol–water partition coefficient (Wildman–Crippen LogP) is 3.35. The number of rotatable bonds is 10. The Kier molecular flexibility index (Phi) is 13.7. The van der Waals surface area contributed by atoms with Gasteiger partial charge in [-0.15, -0.1) is 0 Å². The molecule has 2 aromatic carbocycles. The van der Waals surface area contributed by atoms with Crippen LogP contribution in [0.15, 0.2) is 47.6 Å². The number of benzene rings is 2. The summed E-state index contributed by atoms with van der Waals surface area (Å²) in [7, 11) is 1.67. The molecule has 0 radical (unpaired) electrons. The smallest absolute Gasteiger partial charge is 0.256 e. The van der Waals surface area contributed by atoms with Crippen LogP contribution in [0.4, 0.5) is 4.39 Å². The van der Waals surface area contributed by atoms with Crippen molar-refractivity contribution in [3.8, 4) is 0 Å². The summed E-state index contributed by atoms with van der Waals surface area (Å²) in [5.41, 5.74) is 5.23. The molecule has 2 N–H and O–H groups in total. The number of hydrazone groups is 1. The van der Waals surface area contributed by atoms with Crippen LogP contribution in [0.25, 0.3) is 0 Å². The van der Waals surface area contributed by atoms with E-state index in [4.69, 9.17) is 4.74 Å². The van der Waals surface area contributed by atoms with Crippen LogP contribution >= 0.6 is 0 Å². The van der Waals surface area contributed by atoms with E-state index in [1.165, 1.54) is 6.07 Å². The number of piperazine rings is 1. The maximum absolute atomic E-state index is 14.9. The Morgan fingerprint density at radius 2 is 1.59 bits per heavy atom. The maximum Gasteiger partial charge on any atom is 0.256 e. The second-order valence-electron chi connectivity index (χ2n) is 11.7. The van der Waals surface area contributed by atoms with Crippen LogP contribution in [0.2, 0.25) is 0 Å². The normalized spacial score (nSPS) is 18.5. The molecule has 5 rings (SSSR count). The summed E-state index contributed by atoms with van der Waals surface area (Å²) in [6.07, 6.45) is 5.71. The van der Waals surface area contributed by atoms with Crippen LogP contribution in [0.3, 0.4) is 0 Å². The Hall–Kier alpha value is -3.67. The molecule has 3 saturated heterocycles. The highest BCUT2D eigenvalue weighted by Crippen LogP contribution is 2.21. The van der Waals surface area contributed by atoms with Gasteiger partial charge in [0, 0.05) is 63.9 Å². The Bertz CT molecular complexity index is 1330. The van der Waals surface area contributed by atoms with Crippen molar-refractivity contribution in [3.05, 3.63) is 70.5 Å². The number of ether oxygens (including phenoxy) is 1. The van der Waals surface area contributed by atoms with Crippen LogP contribution in [0.5, 0.6) is 0 Å². The van der Waals surface area contributed by atoms with Crippen molar-refractivity contribution in [2.75, 3.05) is 66.0 Å². The average Bonchev–Trinajstić information content (AvgIpc) is 3.10. The summed E-state index contributed by atoms with van der Waals surface area (Å²) in [6.45, 7) is 9.63. The third-order valence-corrected chi connectivity index (χ3v) is 8.76. The zero-order valence-corrected chi connectivity index (χ0v) is 27.5. The van der Waals surface area contributed by atoms with Crippen LogP contribution in [-0.4, -0.2) is 117 Å². The number of aldehydes is 1. The van der Waals surface area contributed by atoms with Crippen molar-refractivity contribution in [1.82, 2.24) is 25.4 Å². The molecule has 0 saturated carbocycles. The van der Waals surface area contributed by atoms with Gasteiger partial charge in [0.25, 0.3) is 5.91 Å². The summed E-state index contributed by atoms with van der Waals surface area (Å²) in [5, 5.41) is 7.72. The quantitative estimate of drug-likeness (QED) is 0.234. The highest BCUT2D eigenvalue weighted by atomic mass is 19.1. The topological polar surface area (TPSA) is 107 Å². The second kappa shape index (κ2) is 17.9. The molecule has 2 amide bonds. The molecule has 11 heteroatoms. The Morgan fingerprint density at radius 3 is 2.26 bits per heavy atom. The lowest BCUT2D eigenvalue weighted by Crippen LogP contribution is -2.53. The zero-order chi connectivity index (χ0) is 32.9. The molecule has 0 aliphatic carbocycles. The van der Waals surface area contributed by atoms with Crippen molar-refractivity contribution in [2.24, 2.45) is 5.10 Å². The summed E-state index contributed by atoms with van der Waals surface area (Å²) < 4.78 is 21.2. The minimum Gasteiger partial charge on any atom is -0.375 e. The molecule has 2 aromatic rings. The first-order valence-corrected chi connectivity index (χ1v) is 16.7. The molecule has 10 nitrogen and oxygen atoms in total. The molecule has 0 atom stereocenters. The SMILES string of the molecule is CC.CN/N=C(/Cc1ccc(F)c(C(=O)N2CCN(C(=O)CN3CCC(OC4CCNCC4)CC3)CC2)c1)c1ccccc1C=O. The Labute approximate surface area is 272 Å². The second-order valence-corrected chi connectivity index (χ2v) is 11.7. The number of halogens is 1. The van der Waals surface area contributed by atoms with E-state index < -0.39 is 11.7 Å². The summed E-state index contributed by atoms with van der Waals surface area (Å²) in [4.78, 5) is 43.7. The number of nitrogens with one attached hydrogen (secondary N) is 2. The van der Waals surface area contributed by atoms with Crippen molar-refractivity contribution in [1.29, 1.82) is 0 Å². The number of piperidine rings is 2. The maximum atomic E-state index is 14.9. The van der Waals surface area contributed by atoms with Gasteiger partial charge in [-0.3, -0.25) is 19.3 Å². The average molecular weight is 637 g/mol. The molecule has 0 unspecified atom stereocenters. The van der Waals surface area contributed by atoms with Crippen LogP contribution in [0.1, 0.15) is 71.4 Å². The summed E-state index contributed by atoms with van der Waals surface area (Å²) >= 11 is 0. The van der Waals surface area contributed by atoms with Crippen molar-refractivity contribution in [3.63, 3.8) is 0 Å². The number of carbonyl (C=O) groups is 3. The Morgan fingerprint density at radius 1 is 0.935 bits per heavy atom. The number of likely N-dealkylation sites (tertiary alicyclic amines) is 1. The van der Waals surface area contributed by atoms with Gasteiger partial charge in [-0.05, 0) is 56.5 Å². The van der Waals surface area contributed by atoms with E-state index in [1.807, 2.05) is 26.0 Å². The summed E-state index contributed by atoms with van der Waals surface area (Å²) in [5.74, 6) is -0.923. The zero-order valence-electron chi connectivity index (χ0n) is 27.5. The molecule has 3 heterocycles. The lowest BCUT2D eigenvalue weighted by atomic mass is 9.97. The fraction of sp³-hybridized carbons (Fsp3) is 0.543. The molecule has 250 valence electrons. The van der Waals surface area contributed by atoms with Gasteiger partial charge < -0.3 is 25.3 Å². The minimum absolute atomic E-state index is 0.00987. The van der Waals surface area contributed by atoms with Gasteiger partial charge in [0.1, 0.15) is 5.82 Å². The van der Waals surface area contributed by atoms with Gasteiger partial charge in [0.15, 0.2) is 6.29 Å². The van der Waals surface area contributed by atoms with Crippen LogP contribution in [-0.2, 0) is 16.0 Å². The number of hydrogen-bond acceptors (Lipinski definition) is 8. The van der Waals surface area contributed by atoms with Crippen molar-refractivity contribution >= 4 is 23.8 Å². The minimum atomic E-state index is -0.592. The third kappa shape index (κ3) is 9.43. The van der Waals surface area contributed by atoms with E-state index in [0.29, 0.717) is 67.7 Å². The van der Waals surface area contributed by atoms with Crippen LogP contribution < -0.4 is 10.7 Å². The highest BCUT2D eigenvalue weighted by molar-refractivity contribution is 6.07. The van der Waals surface area contributed by atoms with Gasteiger partial charge in [0.2, 0.25) is 5.91 Å². The first-order chi connectivity index (χ1) is 22.4. The van der Waals surface area contributed by atoms with Crippen molar-refractivity contribution < 1.29 is 23.5 Å². The van der Waals surface area contributed by atoms with E-state index in [9.17, 15) is 18.8 Å². The lowest BCUT2D eigenvalue weighted by molar-refractivity contribution is -0.135. The largest absolute Gasteiger partial charge is 0.375 e. The molecule has 3 aliphatic rings. The molecule has 3 aliphatic heterocycles. The van der Waals surface area contributed by atoms with E-state index in [-0.39, 0.29) is 17.6 Å². The van der Waals surface area contributed by atoms with Gasteiger partial charge in [-0.1, -0.05) is 44.2 Å². The number of amides is 2. The molecular weight excluding hydrogens is 587 g/mol. The molecule has 0 aromatic heterocycles. The van der Waals surface area contributed by atoms with E-state index >= 15 is 0 Å². The molecule has 0 bridgehead atoms. The van der Waals surface area contributed by atoms with E-state index in [0.717, 1.165) is 58.1 Å². The van der Waals surface area contributed by atoms with Crippen molar-refractivity contribution in [2.45, 2.75) is 58.2 Å². The Balaban J connectivity index is 0.00000235. The first kappa shape index (κ1) is 35.2. The number of nitrogens with zero attached hydrogens (tertiary/aromatic N) is 4. The van der Waals surface area contributed by atoms with Gasteiger partial charge >= 0.3 is 0 Å².